The molecule has 0 bridgehead atoms. The first-order chi connectivity index (χ1) is 10.6. The molecule has 0 N–H and O–H groups in total. The van der Waals surface area contributed by atoms with Crippen molar-refractivity contribution in [2.75, 3.05) is 6.61 Å². The molecule has 0 unspecified atom stereocenters. The van der Waals surface area contributed by atoms with Crippen molar-refractivity contribution >= 4 is 28.5 Å². The van der Waals surface area contributed by atoms with Gasteiger partial charge in [-0.15, -0.1) is 0 Å². The first-order valence-electron chi connectivity index (χ1n) is 7.05. The molecule has 112 valence electrons. The normalized spacial score (nSPS) is 10.8. The van der Waals surface area contributed by atoms with Gasteiger partial charge in [-0.3, -0.25) is 0 Å². The highest BCUT2D eigenvalue weighted by atomic mass is 35.5. The number of hydrogen-bond acceptors (Lipinski definition) is 3. The first-order valence-corrected chi connectivity index (χ1v) is 7.42. The molecule has 1 heterocycles. The van der Waals surface area contributed by atoms with Crippen LogP contribution in [0.1, 0.15) is 21.7 Å². The van der Waals surface area contributed by atoms with Gasteiger partial charge in [-0.1, -0.05) is 29.8 Å². The third-order valence-corrected chi connectivity index (χ3v) is 3.82. The van der Waals surface area contributed by atoms with Gasteiger partial charge >= 0.3 is 5.97 Å². The summed E-state index contributed by atoms with van der Waals surface area (Å²) in [4.78, 5) is 11.9. The van der Waals surface area contributed by atoms with Crippen LogP contribution >= 0.6 is 11.6 Å². The minimum Gasteiger partial charge on any atom is -0.462 e. The van der Waals surface area contributed by atoms with Gasteiger partial charge in [0.2, 0.25) is 0 Å². The van der Waals surface area contributed by atoms with Crippen molar-refractivity contribution in [1.82, 2.24) is 0 Å². The van der Waals surface area contributed by atoms with E-state index >= 15 is 0 Å². The smallest absolute Gasteiger partial charge is 0.338 e. The molecule has 3 nitrogen and oxygen atoms in total. The lowest BCUT2D eigenvalue weighted by Gasteiger charge is -2.05. The lowest BCUT2D eigenvalue weighted by Crippen LogP contribution is -2.08. The molecule has 0 saturated heterocycles. The second-order valence-electron chi connectivity index (χ2n) is 5.03. The van der Waals surface area contributed by atoms with E-state index in [9.17, 15) is 4.79 Å². The molecule has 0 atom stereocenters. The maximum Gasteiger partial charge on any atom is 0.338 e. The Morgan fingerprint density at radius 1 is 1.14 bits per heavy atom. The minimum atomic E-state index is -0.345. The Bertz CT molecular complexity index is 803. The van der Waals surface area contributed by atoms with Crippen molar-refractivity contribution < 1.29 is 13.9 Å². The molecule has 0 fully saturated rings. The van der Waals surface area contributed by atoms with Gasteiger partial charge in [-0.05, 0) is 37.3 Å². The zero-order valence-corrected chi connectivity index (χ0v) is 12.9. The molecule has 22 heavy (non-hydrogen) atoms. The van der Waals surface area contributed by atoms with Gasteiger partial charge in [0.15, 0.2) is 0 Å². The van der Waals surface area contributed by atoms with E-state index in [4.69, 9.17) is 20.8 Å². The second-order valence-corrected chi connectivity index (χ2v) is 5.46. The summed E-state index contributed by atoms with van der Waals surface area (Å²) in [7, 11) is 0. The van der Waals surface area contributed by atoms with Gasteiger partial charge in [-0.2, -0.15) is 0 Å². The van der Waals surface area contributed by atoms with Gasteiger partial charge < -0.3 is 9.15 Å². The average Bonchev–Trinajstić information content (AvgIpc) is 2.84. The summed E-state index contributed by atoms with van der Waals surface area (Å²) in [5, 5.41) is 1.67. The number of benzene rings is 2. The van der Waals surface area contributed by atoms with E-state index in [1.54, 1.807) is 24.3 Å². The number of furan rings is 1. The van der Waals surface area contributed by atoms with Crippen LogP contribution in [0.2, 0.25) is 5.02 Å². The Balaban J connectivity index is 1.66. The standard InChI is InChI=1S/C18H15ClO3/c1-12-15(16-4-2-3-5-17(16)22-12)10-11-21-18(20)13-6-8-14(19)9-7-13/h2-9H,10-11H2,1H3. The summed E-state index contributed by atoms with van der Waals surface area (Å²) in [6, 6.07) is 14.5. The highest BCUT2D eigenvalue weighted by molar-refractivity contribution is 6.30. The van der Waals surface area contributed by atoms with E-state index in [-0.39, 0.29) is 5.97 Å². The molecule has 4 heteroatoms. The minimum absolute atomic E-state index is 0.311. The highest BCUT2D eigenvalue weighted by Gasteiger charge is 2.12. The summed E-state index contributed by atoms with van der Waals surface area (Å²) in [5.41, 5.74) is 2.44. The number of para-hydroxylation sites is 1. The Morgan fingerprint density at radius 3 is 2.64 bits per heavy atom. The quantitative estimate of drug-likeness (QED) is 0.650. The number of carbonyl (C=O) groups excluding carboxylic acids is 1. The van der Waals surface area contributed by atoms with Crippen LogP contribution in [0.5, 0.6) is 0 Å². The number of aryl methyl sites for hydroxylation is 1. The Kier molecular flexibility index (Phi) is 4.16. The van der Waals surface area contributed by atoms with Crippen molar-refractivity contribution in [3.63, 3.8) is 0 Å². The monoisotopic (exact) mass is 314 g/mol. The SMILES string of the molecule is Cc1oc2ccccc2c1CCOC(=O)c1ccc(Cl)cc1. The summed E-state index contributed by atoms with van der Waals surface area (Å²) in [6.45, 7) is 2.24. The lowest BCUT2D eigenvalue weighted by molar-refractivity contribution is 0.0509. The molecule has 1 aromatic heterocycles. The van der Waals surface area contributed by atoms with Crippen LogP contribution in [0.3, 0.4) is 0 Å². The number of fused-ring (bicyclic) bond motifs is 1. The second kappa shape index (κ2) is 6.24. The molecule has 3 aromatic rings. The number of hydrogen-bond donors (Lipinski definition) is 0. The molecule has 0 amide bonds. The topological polar surface area (TPSA) is 39.4 Å². The zero-order valence-electron chi connectivity index (χ0n) is 12.1. The summed E-state index contributed by atoms with van der Waals surface area (Å²) >= 11 is 5.80. The van der Waals surface area contributed by atoms with Gasteiger partial charge in [-0.25, -0.2) is 4.79 Å². The highest BCUT2D eigenvalue weighted by Crippen LogP contribution is 2.25. The molecular weight excluding hydrogens is 300 g/mol. The molecule has 3 rings (SSSR count). The van der Waals surface area contributed by atoms with Crippen molar-refractivity contribution in [3.05, 3.63) is 70.4 Å². The average molecular weight is 315 g/mol. The van der Waals surface area contributed by atoms with Crippen molar-refractivity contribution in [3.8, 4) is 0 Å². The summed E-state index contributed by atoms with van der Waals surface area (Å²) in [5.74, 6) is 0.519. The molecule has 0 aliphatic rings. The fourth-order valence-electron chi connectivity index (χ4n) is 2.45. The van der Waals surface area contributed by atoms with Crippen LogP contribution in [0.4, 0.5) is 0 Å². The number of carbonyl (C=O) groups is 1. The fourth-order valence-corrected chi connectivity index (χ4v) is 2.57. The molecule has 2 aromatic carbocycles. The van der Waals surface area contributed by atoms with Crippen LogP contribution in [-0.2, 0) is 11.2 Å². The molecule has 0 radical (unpaired) electrons. The number of rotatable bonds is 4. The third-order valence-electron chi connectivity index (χ3n) is 3.57. The predicted octanol–water partition coefficient (Wildman–Crippen LogP) is 4.79. The Hall–Kier alpha value is -2.26. The van der Waals surface area contributed by atoms with E-state index in [2.05, 4.69) is 0 Å². The number of esters is 1. The molecule has 0 aliphatic carbocycles. The summed E-state index contributed by atoms with van der Waals surface area (Å²) in [6.07, 6.45) is 0.627. The van der Waals surface area contributed by atoms with E-state index in [1.165, 1.54) is 0 Å². The van der Waals surface area contributed by atoms with E-state index < -0.39 is 0 Å². The Labute approximate surface area is 133 Å². The van der Waals surface area contributed by atoms with E-state index in [0.717, 1.165) is 22.3 Å². The van der Waals surface area contributed by atoms with Crippen LogP contribution in [0.25, 0.3) is 11.0 Å². The lowest BCUT2D eigenvalue weighted by atomic mass is 10.1. The van der Waals surface area contributed by atoms with Gasteiger partial charge in [0.05, 0.1) is 12.2 Å². The van der Waals surface area contributed by atoms with Crippen LogP contribution < -0.4 is 0 Å². The van der Waals surface area contributed by atoms with E-state index in [0.29, 0.717) is 23.6 Å². The first kappa shape index (κ1) is 14.7. The maximum absolute atomic E-state index is 11.9. The van der Waals surface area contributed by atoms with Crippen LogP contribution in [0.15, 0.2) is 52.9 Å². The van der Waals surface area contributed by atoms with Crippen molar-refractivity contribution in [1.29, 1.82) is 0 Å². The maximum atomic E-state index is 11.9. The van der Waals surface area contributed by atoms with Gasteiger partial charge in [0, 0.05) is 22.4 Å². The number of halogens is 1. The third kappa shape index (κ3) is 3.00. The summed E-state index contributed by atoms with van der Waals surface area (Å²) < 4.78 is 11.0. The van der Waals surface area contributed by atoms with Gasteiger partial charge in [0.1, 0.15) is 11.3 Å². The fraction of sp³-hybridized carbons (Fsp3) is 0.167. The van der Waals surface area contributed by atoms with E-state index in [1.807, 2.05) is 31.2 Å². The Morgan fingerprint density at radius 2 is 1.86 bits per heavy atom. The number of ether oxygens (including phenoxy) is 1. The molecule has 0 aliphatic heterocycles. The predicted molar refractivity (Wildman–Crippen MR) is 86.4 cm³/mol. The zero-order chi connectivity index (χ0) is 15.5. The van der Waals surface area contributed by atoms with Gasteiger partial charge in [0.25, 0.3) is 0 Å². The van der Waals surface area contributed by atoms with Crippen molar-refractivity contribution in [2.45, 2.75) is 13.3 Å². The largest absolute Gasteiger partial charge is 0.462 e. The van der Waals surface area contributed by atoms with Crippen molar-refractivity contribution in [2.24, 2.45) is 0 Å². The molecular formula is C18H15ClO3. The molecule has 0 saturated carbocycles. The van der Waals surface area contributed by atoms with Crippen LogP contribution in [-0.4, -0.2) is 12.6 Å². The van der Waals surface area contributed by atoms with Crippen LogP contribution in [0, 0.1) is 6.92 Å². The molecule has 0 spiro atoms.